The molecule has 0 aromatic carbocycles. The molecule has 4 N–H and O–H groups in total. The lowest BCUT2D eigenvalue weighted by atomic mass is 10.1. The van der Waals surface area contributed by atoms with Crippen LogP contribution in [-0.4, -0.2) is 51.4 Å². The largest absolute Gasteiger partial charge is 0.480 e. The Labute approximate surface area is 111 Å². The van der Waals surface area contributed by atoms with Crippen molar-refractivity contribution in [3.63, 3.8) is 0 Å². The van der Waals surface area contributed by atoms with Gasteiger partial charge in [-0.05, 0) is 32.4 Å². The monoisotopic (exact) mass is 276 g/mol. The third-order valence-corrected chi connectivity index (χ3v) is 4.50. The minimum absolute atomic E-state index is 0.0287. The minimum atomic E-state index is -1.28. The number of aliphatic carboxylic acids is 1. The van der Waals surface area contributed by atoms with E-state index in [1.165, 1.54) is 6.92 Å². The third-order valence-electron chi connectivity index (χ3n) is 2.96. The smallest absolute Gasteiger partial charge is 0.328 e. The van der Waals surface area contributed by atoms with Gasteiger partial charge in [0, 0.05) is 11.3 Å². The second kappa shape index (κ2) is 6.29. The fourth-order valence-corrected chi connectivity index (χ4v) is 3.07. The Morgan fingerprint density at radius 1 is 1.50 bits per heavy atom. The fourth-order valence-electron chi connectivity index (χ4n) is 1.82. The van der Waals surface area contributed by atoms with Gasteiger partial charge in [0.05, 0.1) is 6.10 Å². The highest BCUT2D eigenvalue weighted by molar-refractivity contribution is 8.00. The number of rotatable bonds is 5. The summed E-state index contributed by atoms with van der Waals surface area (Å²) in [4.78, 5) is 22.3. The number of carboxylic acids is 1. The number of thioether (sulfide) groups is 1. The molecule has 3 atom stereocenters. The lowest BCUT2D eigenvalue weighted by Crippen LogP contribution is -2.52. The zero-order chi connectivity index (χ0) is 13.8. The first-order valence-electron chi connectivity index (χ1n) is 5.93. The Kier molecular flexibility index (Phi) is 5.28. The maximum absolute atomic E-state index is 11.6. The van der Waals surface area contributed by atoms with E-state index in [4.69, 9.17) is 5.11 Å². The first kappa shape index (κ1) is 15.1. The van der Waals surface area contributed by atoms with Gasteiger partial charge in [-0.2, -0.15) is 11.8 Å². The number of carbonyl (C=O) groups excluding carboxylic acids is 1. The van der Waals surface area contributed by atoms with Crippen LogP contribution in [0.5, 0.6) is 0 Å². The summed E-state index contributed by atoms with van der Waals surface area (Å²) in [6, 6.07) is -1.84. The van der Waals surface area contributed by atoms with Crippen LogP contribution in [0.2, 0.25) is 0 Å². The molecule has 0 saturated carbocycles. The summed E-state index contributed by atoms with van der Waals surface area (Å²) < 4.78 is 0.0287. The van der Waals surface area contributed by atoms with E-state index < -0.39 is 24.1 Å². The molecule has 0 aromatic rings. The SMILES string of the molecule is C[C@@H](O)[C@H](NC(=O)NCC1(C)CCCS1)C(=O)O. The van der Waals surface area contributed by atoms with Crippen LogP contribution in [-0.2, 0) is 4.79 Å². The molecule has 18 heavy (non-hydrogen) atoms. The number of aliphatic hydroxyl groups excluding tert-OH is 1. The molecule has 6 nitrogen and oxygen atoms in total. The number of nitrogens with one attached hydrogen (secondary N) is 2. The molecule has 1 aliphatic rings. The van der Waals surface area contributed by atoms with Crippen LogP contribution in [0, 0.1) is 0 Å². The van der Waals surface area contributed by atoms with Crippen molar-refractivity contribution in [1.82, 2.24) is 10.6 Å². The molecule has 0 aliphatic carbocycles. The molecule has 1 saturated heterocycles. The van der Waals surface area contributed by atoms with E-state index in [9.17, 15) is 14.7 Å². The molecule has 1 aliphatic heterocycles. The molecule has 0 aromatic heterocycles. The second-order valence-electron chi connectivity index (χ2n) is 4.79. The first-order chi connectivity index (χ1) is 8.34. The van der Waals surface area contributed by atoms with Crippen molar-refractivity contribution in [1.29, 1.82) is 0 Å². The summed E-state index contributed by atoms with van der Waals surface area (Å²) in [5, 5.41) is 23.0. The zero-order valence-electron chi connectivity index (χ0n) is 10.6. The third kappa shape index (κ3) is 4.38. The van der Waals surface area contributed by atoms with Crippen molar-refractivity contribution in [3.05, 3.63) is 0 Å². The van der Waals surface area contributed by atoms with Gasteiger partial charge in [0.15, 0.2) is 6.04 Å². The number of hydrogen-bond acceptors (Lipinski definition) is 4. The molecule has 1 unspecified atom stereocenters. The van der Waals surface area contributed by atoms with Gasteiger partial charge in [-0.3, -0.25) is 0 Å². The Bertz CT molecular complexity index is 316. The van der Waals surface area contributed by atoms with Crippen LogP contribution in [0.4, 0.5) is 4.79 Å². The second-order valence-corrected chi connectivity index (χ2v) is 6.47. The topological polar surface area (TPSA) is 98.7 Å². The van der Waals surface area contributed by atoms with Crippen LogP contribution < -0.4 is 10.6 Å². The van der Waals surface area contributed by atoms with Crippen molar-refractivity contribution in [2.75, 3.05) is 12.3 Å². The van der Waals surface area contributed by atoms with E-state index in [2.05, 4.69) is 17.6 Å². The lowest BCUT2D eigenvalue weighted by molar-refractivity contribution is -0.141. The van der Waals surface area contributed by atoms with E-state index in [1.807, 2.05) is 11.8 Å². The van der Waals surface area contributed by atoms with E-state index in [1.54, 1.807) is 0 Å². The predicted octanol–water partition coefficient (Wildman–Crippen LogP) is 0.405. The first-order valence-corrected chi connectivity index (χ1v) is 6.92. The number of carbonyl (C=O) groups is 2. The van der Waals surface area contributed by atoms with Crippen molar-refractivity contribution in [2.24, 2.45) is 0 Å². The van der Waals surface area contributed by atoms with Gasteiger partial charge in [0.2, 0.25) is 0 Å². The maximum Gasteiger partial charge on any atom is 0.328 e. The van der Waals surface area contributed by atoms with Gasteiger partial charge >= 0.3 is 12.0 Å². The van der Waals surface area contributed by atoms with Crippen molar-refractivity contribution in [3.8, 4) is 0 Å². The highest BCUT2D eigenvalue weighted by Crippen LogP contribution is 2.36. The van der Waals surface area contributed by atoms with Crippen LogP contribution in [0.15, 0.2) is 0 Å². The average molecular weight is 276 g/mol. The Morgan fingerprint density at radius 3 is 2.61 bits per heavy atom. The zero-order valence-corrected chi connectivity index (χ0v) is 11.4. The van der Waals surface area contributed by atoms with E-state index >= 15 is 0 Å². The molecule has 2 amide bonds. The fraction of sp³-hybridized carbons (Fsp3) is 0.818. The quantitative estimate of drug-likeness (QED) is 0.583. The van der Waals surface area contributed by atoms with Crippen LogP contribution >= 0.6 is 11.8 Å². The van der Waals surface area contributed by atoms with Gasteiger partial charge in [0.25, 0.3) is 0 Å². The number of amides is 2. The molecule has 0 spiro atoms. The van der Waals surface area contributed by atoms with Gasteiger partial charge < -0.3 is 20.8 Å². The van der Waals surface area contributed by atoms with Crippen molar-refractivity contribution < 1.29 is 19.8 Å². The highest BCUT2D eigenvalue weighted by Gasteiger charge is 2.31. The standard InChI is InChI=1S/C11H20N2O4S/c1-7(14)8(9(15)16)13-10(17)12-6-11(2)4-3-5-18-11/h7-8,14H,3-6H2,1-2H3,(H,15,16)(H2,12,13,17)/t7-,8+,11?/m1/s1. The minimum Gasteiger partial charge on any atom is -0.480 e. The van der Waals surface area contributed by atoms with Gasteiger partial charge in [-0.1, -0.05) is 0 Å². The number of hydrogen-bond donors (Lipinski definition) is 4. The van der Waals surface area contributed by atoms with E-state index in [-0.39, 0.29) is 4.75 Å². The predicted molar refractivity (Wildman–Crippen MR) is 69.7 cm³/mol. The summed E-state index contributed by atoms with van der Waals surface area (Å²) in [5.74, 6) is -0.160. The normalized spacial score (nSPS) is 26.4. The molecule has 1 rings (SSSR count). The van der Waals surface area contributed by atoms with Crippen LogP contribution in [0.3, 0.4) is 0 Å². The molecule has 1 fully saturated rings. The molecule has 104 valence electrons. The van der Waals surface area contributed by atoms with Gasteiger partial charge in [-0.15, -0.1) is 0 Å². The van der Waals surface area contributed by atoms with Crippen LogP contribution in [0.1, 0.15) is 26.7 Å². The summed E-state index contributed by atoms with van der Waals surface area (Å²) in [7, 11) is 0. The highest BCUT2D eigenvalue weighted by atomic mass is 32.2. The van der Waals surface area contributed by atoms with E-state index in [0.29, 0.717) is 6.54 Å². The lowest BCUT2D eigenvalue weighted by Gasteiger charge is -2.24. The Balaban J connectivity index is 2.38. The van der Waals surface area contributed by atoms with Gasteiger partial charge in [-0.25, -0.2) is 9.59 Å². The average Bonchev–Trinajstić information content (AvgIpc) is 2.70. The Hall–Kier alpha value is -0.950. The van der Waals surface area contributed by atoms with E-state index in [0.717, 1.165) is 18.6 Å². The number of carboxylic acid groups (broad SMARTS) is 1. The maximum atomic E-state index is 11.6. The molecule has 0 radical (unpaired) electrons. The van der Waals surface area contributed by atoms with Gasteiger partial charge in [0.1, 0.15) is 0 Å². The molecule has 0 bridgehead atoms. The molecule has 7 heteroatoms. The van der Waals surface area contributed by atoms with Crippen molar-refractivity contribution >= 4 is 23.8 Å². The molecule has 1 heterocycles. The number of urea groups is 1. The summed E-state index contributed by atoms with van der Waals surface area (Å²) in [6.45, 7) is 3.90. The van der Waals surface area contributed by atoms with Crippen LogP contribution in [0.25, 0.3) is 0 Å². The Morgan fingerprint density at radius 2 is 2.17 bits per heavy atom. The van der Waals surface area contributed by atoms with Crippen molar-refractivity contribution in [2.45, 2.75) is 43.6 Å². The summed E-state index contributed by atoms with van der Waals surface area (Å²) in [6.07, 6.45) is 1.04. The summed E-state index contributed by atoms with van der Waals surface area (Å²) in [5.41, 5.74) is 0. The molecular formula is C11H20N2O4S. The number of aliphatic hydroxyl groups is 1. The molecular weight excluding hydrogens is 256 g/mol. The summed E-state index contributed by atoms with van der Waals surface area (Å²) >= 11 is 1.81.